The van der Waals surface area contributed by atoms with Crippen LogP contribution in [-0.4, -0.2) is 28.6 Å². The van der Waals surface area contributed by atoms with Crippen LogP contribution in [0.3, 0.4) is 0 Å². The Balaban J connectivity index is 1.85. The number of nitrogens with one attached hydrogen (secondary N) is 1. The van der Waals surface area contributed by atoms with E-state index in [1.807, 2.05) is 6.20 Å². The van der Waals surface area contributed by atoms with Gasteiger partial charge in [0.2, 0.25) is 0 Å². The lowest BCUT2D eigenvalue weighted by Crippen LogP contribution is -2.27. The van der Waals surface area contributed by atoms with Gasteiger partial charge in [0.25, 0.3) is 0 Å². The number of hydrogen-bond acceptors (Lipinski definition) is 2. The van der Waals surface area contributed by atoms with Gasteiger partial charge in [0.1, 0.15) is 5.82 Å². The topological polar surface area (TPSA) is 37.9 Å². The van der Waals surface area contributed by atoms with Crippen LogP contribution in [-0.2, 0) is 11.2 Å². The van der Waals surface area contributed by atoms with Crippen LogP contribution in [0.25, 0.3) is 0 Å². The maximum absolute atomic E-state index is 6.31. The maximum Gasteiger partial charge on any atom is 0.107 e. The molecule has 4 heteroatoms. The van der Waals surface area contributed by atoms with Gasteiger partial charge < -0.3 is 9.72 Å². The molecule has 2 unspecified atom stereocenters. The third-order valence-corrected chi connectivity index (χ3v) is 3.16. The lowest BCUT2D eigenvalue weighted by Gasteiger charge is -2.25. The van der Waals surface area contributed by atoms with Crippen molar-refractivity contribution in [2.24, 2.45) is 5.92 Å². The summed E-state index contributed by atoms with van der Waals surface area (Å²) in [6.07, 6.45) is 6.70. The molecule has 78 valence electrons. The number of nitrogens with zero attached hydrogens (tertiary/aromatic N) is 1. The number of H-pyrrole nitrogens is 1. The first-order valence-corrected chi connectivity index (χ1v) is 5.50. The third-order valence-electron chi connectivity index (χ3n) is 2.65. The molecule has 0 amide bonds. The van der Waals surface area contributed by atoms with E-state index in [0.717, 1.165) is 31.9 Å². The third kappa shape index (κ3) is 2.49. The van der Waals surface area contributed by atoms with Crippen molar-refractivity contribution >= 4 is 11.6 Å². The molecule has 1 aliphatic heterocycles. The monoisotopic (exact) mass is 214 g/mol. The highest BCUT2D eigenvalue weighted by Crippen LogP contribution is 2.23. The summed E-state index contributed by atoms with van der Waals surface area (Å²) in [6, 6.07) is 0. The van der Waals surface area contributed by atoms with E-state index >= 15 is 0 Å². The van der Waals surface area contributed by atoms with E-state index in [-0.39, 0.29) is 5.38 Å². The molecule has 2 rings (SSSR count). The maximum atomic E-state index is 6.31. The van der Waals surface area contributed by atoms with E-state index in [2.05, 4.69) is 9.97 Å². The molecular formula is C10H15ClN2O. The van der Waals surface area contributed by atoms with Crippen molar-refractivity contribution in [2.75, 3.05) is 13.2 Å². The summed E-state index contributed by atoms with van der Waals surface area (Å²) in [5.74, 6) is 1.45. The van der Waals surface area contributed by atoms with Gasteiger partial charge in [-0.3, -0.25) is 0 Å². The number of halogens is 1. The molecule has 2 atom stereocenters. The number of aromatic amines is 1. The van der Waals surface area contributed by atoms with Gasteiger partial charge in [-0.25, -0.2) is 4.98 Å². The molecule has 0 bridgehead atoms. The summed E-state index contributed by atoms with van der Waals surface area (Å²) in [5, 5.41) is 0.140. The molecule has 1 aliphatic rings. The minimum absolute atomic E-state index is 0.140. The number of aromatic nitrogens is 2. The SMILES string of the molecule is ClC(Cc1ncc[nH]1)C1CCCOC1. The average molecular weight is 215 g/mol. The van der Waals surface area contributed by atoms with Gasteiger partial charge >= 0.3 is 0 Å². The number of ether oxygens (including phenoxy) is 1. The van der Waals surface area contributed by atoms with Crippen LogP contribution in [0.2, 0.25) is 0 Å². The van der Waals surface area contributed by atoms with Crippen molar-refractivity contribution < 1.29 is 4.74 Å². The van der Waals surface area contributed by atoms with Gasteiger partial charge in [0, 0.05) is 30.8 Å². The first kappa shape index (κ1) is 9.99. The van der Waals surface area contributed by atoms with Crippen LogP contribution in [0.1, 0.15) is 18.7 Å². The Bertz CT molecular complexity index is 257. The Morgan fingerprint density at radius 1 is 1.71 bits per heavy atom. The summed E-state index contributed by atoms with van der Waals surface area (Å²) in [5.41, 5.74) is 0. The standard InChI is InChI=1S/C10H15ClN2O/c11-9(6-10-12-3-4-13-10)8-2-1-5-14-7-8/h3-4,8-9H,1-2,5-7H2,(H,12,13). The molecule has 0 spiro atoms. The zero-order valence-corrected chi connectivity index (χ0v) is 8.83. The van der Waals surface area contributed by atoms with E-state index < -0.39 is 0 Å². The van der Waals surface area contributed by atoms with E-state index in [4.69, 9.17) is 16.3 Å². The Hall–Kier alpha value is -0.540. The molecule has 1 aromatic heterocycles. The Morgan fingerprint density at radius 3 is 3.29 bits per heavy atom. The van der Waals surface area contributed by atoms with Crippen molar-refractivity contribution in [3.05, 3.63) is 18.2 Å². The second kappa shape index (κ2) is 4.80. The summed E-state index contributed by atoms with van der Waals surface area (Å²) in [4.78, 5) is 7.24. The summed E-state index contributed by atoms with van der Waals surface area (Å²) in [7, 11) is 0. The first-order valence-electron chi connectivity index (χ1n) is 5.06. The molecule has 1 aromatic rings. The predicted molar refractivity (Wildman–Crippen MR) is 55.5 cm³/mol. The fraction of sp³-hybridized carbons (Fsp3) is 0.700. The minimum Gasteiger partial charge on any atom is -0.381 e. The minimum atomic E-state index is 0.140. The largest absolute Gasteiger partial charge is 0.381 e. The van der Waals surface area contributed by atoms with Crippen LogP contribution >= 0.6 is 11.6 Å². The summed E-state index contributed by atoms with van der Waals surface area (Å²) in [6.45, 7) is 1.69. The van der Waals surface area contributed by atoms with Crippen molar-refractivity contribution in [2.45, 2.75) is 24.6 Å². The zero-order chi connectivity index (χ0) is 9.80. The van der Waals surface area contributed by atoms with E-state index in [0.29, 0.717) is 5.92 Å². The highest BCUT2D eigenvalue weighted by Gasteiger charge is 2.23. The highest BCUT2D eigenvalue weighted by molar-refractivity contribution is 6.20. The molecule has 0 radical (unpaired) electrons. The molecule has 0 saturated carbocycles. The van der Waals surface area contributed by atoms with Gasteiger partial charge in [0.15, 0.2) is 0 Å². The van der Waals surface area contributed by atoms with Gasteiger partial charge in [0.05, 0.1) is 6.61 Å². The predicted octanol–water partition coefficient (Wildman–Crippen LogP) is 1.99. The molecule has 0 aliphatic carbocycles. The zero-order valence-electron chi connectivity index (χ0n) is 8.08. The van der Waals surface area contributed by atoms with Gasteiger partial charge in [-0.1, -0.05) is 0 Å². The Labute approximate surface area is 88.8 Å². The van der Waals surface area contributed by atoms with E-state index in [9.17, 15) is 0 Å². The number of rotatable bonds is 3. The van der Waals surface area contributed by atoms with Gasteiger partial charge in [-0.05, 0) is 18.8 Å². The van der Waals surface area contributed by atoms with E-state index in [1.165, 1.54) is 6.42 Å². The normalized spacial score (nSPS) is 24.8. The molecule has 2 heterocycles. The summed E-state index contributed by atoms with van der Waals surface area (Å²) < 4.78 is 5.41. The van der Waals surface area contributed by atoms with Crippen LogP contribution < -0.4 is 0 Å². The molecule has 3 nitrogen and oxygen atoms in total. The Kier molecular flexibility index (Phi) is 3.43. The number of alkyl halides is 1. The van der Waals surface area contributed by atoms with Gasteiger partial charge in [-0.15, -0.1) is 11.6 Å². The fourth-order valence-electron chi connectivity index (χ4n) is 1.81. The van der Waals surface area contributed by atoms with Crippen LogP contribution in [0, 0.1) is 5.92 Å². The van der Waals surface area contributed by atoms with Crippen molar-refractivity contribution in [3.8, 4) is 0 Å². The lowest BCUT2D eigenvalue weighted by molar-refractivity contribution is 0.0531. The van der Waals surface area contributed by atoms with Crippen molar-refractivity contribution in [3.63, 3.8) is 0 Å². The smallest absolute Gasteiger partial charge is 0.107 e. The van der Waals surface area contributed by atoms with E-state index in [1.54, 1.807) is 6.20 Å². The quantitative estimate of drug-likeness (QED) is 0.782. The summed E-state index contributed by atoms with van der Waals surface area (Å²) >= 11 is 6.31. The molecule has 1 fully saturated rings. The van der Waals surface area contributed by atoms with Crippen LogP contribution in [0.5, 0.6) is 0 Å². The second-order valence-electron chi connectivity index (χ2n) is 3.73. The van der Waals surface area contributed by atoms with Crippen molar-refractivity contribution in [1.82, 2.24) is 9.97 Å². The molecule has 1 saturated heterocycles. The highest BCUT2D eigenvalue weighted by atomic mass is 35.5. The molecular weight excluding hydrogens is 200 g/mol. The average Bonchev–Trinajstić information content (AvgIpc) is 2.72. The molecule has 0 aromatic carbocycles. The van der Waals surface area contributed by atoms with Gasteiger partial charge in [-0.2, -0.15) is 0 Å². The first-order chi connectivity index (χ1) is 6.86. The lowest BCUT2D eigenvalue weighted by atomic mass is 9.96. The Morgan fingerprint density at radius 2 is 2.64 bits per heavy atom. The number of hydrogen-bond donors (Lipinski definition) is 1. The molecule has 14 heavy (non-hydrogen) atoms. The second-order valence-corrected chi connectivity index (χ2v) is 4.29. The van der Waals surface area contributed by atoms with Crippen molar-refractivity contribution in [1.29, 1.82) is 0 Å². The molecule has 1 N–H and O–H groups in total. The number of imidazole rings is 1. The fourth-order valence-corrected chi connectivity index (χ4v) is 2.16. The van der Waals surface area contributed by atoms with Crippen LogP contribution in [0.4, 0.5) is 0 Å². The van der Waals surface area contributed by atoms with Crippen LogP contribution in [0.15, 0.2) is 12.4 Å².